The fraction of sp³-hybridized carbons (Fsp3) is 0.375. The predicted octanol–water partition coefficient (Wildman–Crippen LogP) is 3.33. The Hall–Kier alpha value is -1.88. The van der Waals surface area contributed by atoms with Crippen molar-refractivity contribution in [2.24, 2.45) is 4.99 Å². The summed E-state index contributed by atoms with van der Waals surface area (Å²) in [5, 5.41) is 4.45. The van der Waals surface area contributed by atoms with Crippen LogP contribution in [0.5, 0.6) is 5.75 Å². The van der Waals surface area contributed by atoms with Crippen molar-refractivity contribution in [1.82, 2.24) is 9.78 Å². The lowest BCUT2D eigenvalue weighted by Gasteiger charge is -2.13. The maximum atomic E-state index is 5.95. The van der Waals surface area contributed by atoms with Gasteiger partial charge in [0.25, 0.3) is 0 Å². The minimum Gasteiger partial charge on any atom is -0.547 e. The van der Waals surface area contributed by atoms with E-state index in [1.54, 1.807) is 0 Å². The van der Waals surface area contributed by atoms with Gasteiger partial charge in [-0.2, -0.15) is 5.10 Å². The smallest absolute Gasteiger partial charge is 0.229 e. The van der Waals surface area contributed by atoms with E-state index in [4.69, 9.17) is 4.43 Å². The van der Waals surface area contributed by atoms with Gasteiger partial charge in [-0.1, -0.05) is 18.2 Å². The number of aromatic nitrogens is 2. The van der Waals surface area contributed by atoms with Crippen molar-refractivity contribution in [1.29, 1.82) is 0 Å². The monoisotopic (exact) mass is 301 g/mol. The third-order valence-electron chi connectivity index (χ3n) is 3.29. The van der Waals surface area contributed by atoms with E-state index in [1.165, 1.54) is 5.56 Å². The Balaban J connectivity index is 2.16. The quantitative estimate of drug-likeness (QED) is 0.493. The van der Waals surface area contributed by atoms with Crippen LogP contribution in [-0.2, 0) is 6.54 Å². The maximum Gasteiger partial charge on any atom is 0.229 e. The standard InChI is InChI=1S/C16H23N3OSi/c1-12-11-19(18-13(12)2)14(3)17-10-15-8-6-7-9-16(15)20-21(4)5/h6-9,11,21H,10H2,1-5H3. The molecule has 0 spiro atoms. The summed E-state index contributed by atoms with van der Waals surface area (Å²) in [6, 6.07) is 8.13. The highest BCUT2D eigenvalue weighted by atomic mass is 28.3. The van der Waals surface area contributed by atoms with Crippen LogP contribution < -0.4 is 4.43 Å². The van der Waals surface area contributed by atoms with E-state index in [9.17, 15) is 0 Å². The third kappa shape index (κ3) is 4.04. The molecule has 4 nitrogen and oxygen atoms in total. The molecule has 0 aliphatic carbocycles. The molecule has 5 heteroatoms. The van der Waals surface area contributed by atoms with E-state index in [0.717, 1.165) is 22.8 Å². The minimum absolute atomic E-state index is 0.612. The molecule has 0 amide bonds. The average Bonchev–Trinajstić information content (AvgIpc) is 2.77. The molecule has 0 aliphatic rings. The second-order valence-corrected chi connectivity index (χ2v) is 7.81. The van der Waals surface area contributed by atoms with Gasteiger partial charge in [0.1, 0.15) is 11.6 Å². The number of nitrogens with zero attached hydrogens (tertiary/aromatic N) is 3. The number of rotatable bonds is 4. The van der Waals surface area contributed by atoms with Crippen LogP contribution in [0.1, 0.15) is 23.7 Å². The van der Waals surface area contributed by atoms with Gasteiger partial charge in [0.15, 0.2) is 0 Å². The first-order valence-electron chi connectivity index (χ1n) is 7.26. The molecular formula is C16H23N3OSi. The Morgan fingerprint density at radius 1 is 1.29 bits per heavy atom. The lowest BCUT2D eigenvalue weighted by Crippen LogP contribution is -2.13. The summed E-state index contributed by atoms with van der Waals surface area (Å²) in [6.07, 6.45) is 2.01. The van der Waals surface area contributed by atoms with E-state index in [1.807, 2.05) is 42.9 Å². The SMILES string of the molecule is CC(=NCc1ccccc1O[SiH](C)C)n1cc(C)c(C)n1. The minimum atomic E-state index is -1.10. The van der Waals surface area contributed by atoms with Gasteiger partial charge < -0.3 is 4.43 Å². The van der Waals surface area contributed by atoms with Crippen LogP contribution in [0.4, 0.5) is 0 Å². The van der Waals surface area contributed by atoms with Crippen molar-refractivity contribution < 1.29 is 4.43 Å². The van der Waals surface area contributed by atoms with E-state index in [0.29, 0.717) is 6.54 Å². The number of para-hydroxylation sites is 1. The van der Waals surface area contributed by atoms with Gasteiger partial charge in [0, 0.05) is 11.8 Å². The Morgan fingerprint density at radius 2 is 2.00 bits per heavy atom. The molecule has 1 aromatic carbocycles. The Morgan fingerprint density at radius 3 is 2.62 bits per heavy atom. The molecule has 21 heavy (non-hydrogen) atoms. The first-order chi connectivity index (χ1) is 9.97. The first kappa shape index (κ1) is 15.5. The predicted molar refractivity (Wildman–Crippen MR) is 89.9 cm³/mol. The normalized spacial score (nSPS) is 12.0. The zero-order valence-electron chi connectivity index (χ0n) is 13.4. The highest BCUT2D eigenvalue weighted by Gasteiger charge is 2.06. The third-order valence-corrected chi connectivity index (χ3v) is 4.01. The summed E-state index contributed by atoms with van der Waals surface area (Å²) in [4.78, 5) is 4.64. The van der Waals surface area contributed by atoms with Gasteiger partial charge in [-0.05, 0) is 45.5 Å². The van der Waals surface area contributed by atoms with Crippen molar-refractivity contribution in [2.75, 3.05) is 0 Å². The van der Waals surface area contributed by atoms with E-state index in [-0.39, 0.29) is 0 Å². The van der Waals surface area contributed by atoms with Gasteiger partial charge >= 0.3 is 0 Å². The molecule has 0 radical (unpaired) electrons. The summed E-state index contributed by atoms with van der Waals surface area (Å²) < 4.78 is 7.79. The van der Waals surface area contributed by atoms with Gasteiger partial charge in [0.05, 0.1) is 12.2 Å². The van der Waals surface area contributed by atoms with Crippen LogP contribution in [0.2, 0.25) is 13.1 Å². The van der Waals surface area contributed by atoms with Crippen LogP contribution in [0.15, 0.2) is 35.5 Å². The Kier molecular flexibility index (Phi) is 4.96. The van der Waals surface area contributed by atoms with Crippen LogP contribution in [0.25, 0.3) is 0 Å². The van der Waals surface area contributed by atoms with Gasteiger partial charge in [-0.15, -0.1) is 0 Å². The zero-order chi connectivity index (χ0) is 15.4. The number of hydrogen-bond donors (Lipinski definition) is 0. The van der Waals surface area contributed by atoms with Crippen molar-refractivity contribution in [3.05, 3.63) is 47.3 Å². The summed E-state index contributed by atoms with van der Waals surface area (Å²) in [7, 11) is -1.10. The molecule has 112 valence electrons. The largest absolute Gasteiger partial charge is 0.547 e. The van der Waals surface area contributed by atoms with Crippen molar-refractivity contribution in [3.8, 4) is 5.75 Å². The molecule has 1 aromatic heterocycles. The van der Waals surface area contributed by atoms with Gasteiger partial charge in [-0.25, -0.2) is 4.68 Å². The van der Waals surface area contributed by atoms with Gasteiger partial charge in [-0.3, -0.25) is 4.99 Å². The molecule has 0 saturated carbocycles. The lowest BCUT2D eigenvalue weighted by atomic mass is 10.2. The molecule has 0 unspecified atom stereocenters. The highest BCUT2D eigenvalue weighted by molar-refractivity contribution is 6.49. The molecule has 2 aromatic rings. The topological polar surface area (TPSA) is 39.4 Å². The second-order valence-electron chi connectivity index (χ2n) is 5.48. The van der Waals surface area contributed by atoms with Crippen molar-refractivity contribution in [2.45, 2.75) is 40.4 Å². The fourth-order valence-corrected chi connectivity index (χ4v) is 2.73. The fourth-order valence-electron chi connectivity index (χ4n) is 1.99. The molecule has 0 saturated heterocycles. The molecule has 0 fully saturated rings. The molecule has 0 atom stereocenters. The molecule has 0 aliphatic heterocycles. The van der Waals surface area contributed by atoms with E-state index < -0.39 is 9.04 Å². The molecule has 0 N–H and O–H groups in total. The summed E-state index contributed by atoms with van der Waals surface area (Å²) in [6.45, 7) is 11.0. The van der Waals surface area contributed by atoms with Crippen LogP contribution in [0, 0.1) is 13.8 Å². The number of hydrogen-bond acceptors (Lipinski definition) is 3. The van der Waals surface area contributed by atoms with E-state index in [2.05, 4.69) is 36.2 Å². The van der Waals surface area contributed by atoms with Crippen molar-refractivity contribution in [3.63, 3.8) is 0 Å². The second kappa shape index (κ2) is 6.71. The molecule has 1 heterocycles. The number of aryl methyl sites for hydroxylation is 2. The van der Waals surface area contributed by atoms with Crippen LogP contribution in [0.3, 0.4) is 0 Å². The first-order valence-corrected chi connectivity index (χ1v) is 10.0. The van der Waals surface area contributed by atoms with Crippen LogP contribution >= 0.6 is 0 Å². The number of aliphatic imine (C=N–C) groups is 1. The average molecular weight is 301 g/mol. The Labute approximate surface area is 128 Å². The van der Waals surface area contributed by atoms with Crippen molar-refractivity contribution >= 4 is 14.9 Å². The molecular weight excluding hydrogens is 278 g/mol. The summed E-state index contributed by atoms with van der Waals surface area (Å²) >= 11 is 0. The van der Waals surface area contributed by atoms with E-state index >= 15 is 0 Å². The summed E-state index contributed by atoms with van der Waals surface area (Å²) in [5.41, 5.74) is 3.34. The summed E-state index contributed by atoms with van der Waals surface area (Å²) in [5.74, 6) is 1.85. The van der Waals surface area contributed by atoms with Crippen LogP contribution in [-0.4, -0.2) is 24.7 Å². The number of benzene rings is 1. The molecule has 2 rings (SSSR count). The zero-order valence-corrected chi connectivity index (χ0v) is 14.6. The highest BCUT2D eigenvalue weighted by Crippen LogP contribution is 2.19. The molecule has 0 bridgehead atoms. The maximum absolute atomic E-state index is 5.95. The van der Waals surface area contributed by atoms with Gasteiger partial charge in [0.2, 0.25) is 9.04 Å². The lowest BCUT2D eigenvalue weighted by molar-refractivity contribution is 0.571. The Bertz CT molecular complexity index is 627.